The van der Waals surface area contributed by atoms with Crippen molar-refractivity contribution in [3.8, 4) is 0 Å². The smallest absolute Gasteiger partial charge is 0.223 e. The van der Waals surface area contributed by atoms with Crippen LogP contribution >= 0.6 is 0 Å². The van der Waals surface area contributed by atoms with Crippen molar-refractivity contribution >= 4 is 11.8 Å². The van der Waals surface area contributed by atoms with Crippen molar-refractivity contribution in [2.24, 2.45) is 5.92 Å². The van der Waals surface area contributed by atoms with Crippen LogP contribution in [0.2, 0.25) is 0 Å². The molecule has 1 atom stereocenters. The summed E-state index contributed by atoms with van der Waals surface area (Å²) in [6.45, 7) is 4.65. The predicted molar refractivity (Wildman–Crippen MR) is 62.9 cm³/mol. The Balaban J connectivity index is 1.97. The zero-order valence-electron chi connectivity index (χ0n) is 10.2. The van der Waals surface area contributed by atoms with Gasteiger partial charge in [0.25, 0.3) is 0 Å². The summed E-state index contributed by atoms with van der Waals surface area (Å²) in [4.78, 5) is 22.6. The average molecular weight is 226 g/mol. The van der Waals surface area contributed by atoms with E-state index in [0.717, 1.165) is 25.7 Å². The van der Waals surface area contributed by atoms with Gasteiger partial charge in [-0.1, -0.05) is 6.92 Å². The van der Waals surface area contributed by atoms with E-state index in [1.165, 1.54) is 0 Å². The molecule has 1 aliphatic carbocycles. The van der Waals surface area contributed by atoms with Crippen LogP contribution in [0.15, 0.2) is 0 Å². The van der Waals surface area contributed by atoms with Gasteiger partial charge < -0.3 is 10.6 Å². The minimum atomic E-state index is 0.0787. The summed E-state index contributed by atoms with van der Waals surface area (Å²) in [5.74, 6) is 0.492. The second-order valence-electron chi connectivity index (χ2n) is 4.55. The van der Waals surface area contributed by atoms with Gasteiger partial charge in [-0.2, -0.15) is 0 Å². The normalized spacial score (nSPS) is 16.6. The average Bonchev–Trinajstić information content (AvgIpc) is 3.07. The molecule has 2 N–H and O–H groups in total. The van der Waals surface area contributed by atoms with E-state index in [1.54, 1.807) is 0 Å². The molecule has 0 radical (unpaired) electrons. The van der Waals surface area contributed by atoms with Crippen LogP contribution in [0.5, 0.6) is 0 Å². The lowest BCUT2D eigenvalue weighted by atomic mass is 10.2. The van der Waals surface area contributed by atoms with Gasteiger partial charge in [0.1, 0.15) is 0 Å². The minimum absolute atomic E-state index is 0.0787. The van der Waals surface area contributed by atoms with E-state index in [4.69, 9.17) is 0 Å². The Hall–Kier alpha value is -1.06. The summed E-state index contributed by atoms with van der Waals surface area (Å²) in [5, 5.41) is 5.75. The highest BCUT2D eigenvalue weighted by Crippen LogP contribution is 2.28. The summed E-state index contributed by atoms with van der Waals surface area (Å²) in [6.07, 6.45) is 4.22. The van der Waals surface area contributed by atoms with Gasteiger partial charge in [-0.3, -0.25) is 9.59 Å². The monoisotopic (exact) mass is 226 g/mol. The van der Waals surface area contributed by atoms with Crippen molar-refractivity contribution in [2.75, 3.05) is 6.54 Å². The number of carbonyl (C=O) groups excluding carboxylic acids is 2. The third kappa shape index (κ3) is 5.14. The van der Waals surface area contributed by atoms with Crippen LogP contribution in [0.25, 0.3) is 0 Å². The van der Waals surface area contributed by atoms with Gasteiger partial charge in [-0.25, -0.2) is 0 Å². The molecule has 0 unspecified atom stereocenters. The molecule has 0 bridgehead atoms. The van der Waals surface area contributed by atoms with E-state index < -0.39 is 0 Å². The molecule has 4 heteroatoms. The molecule has 0 aromatic carbocycles. The van der Waals surface area contributed by atoms with Crippen molar-refractivity contribution in [3.63, 3.8) is 0 Å². The molecule has 92 valence electrons. The van der Waals surface area contributed by atoms with E-state index in [-0.39, 0.29) is 23.8 Å². The van der Waals surface area contributed by atoms with E-state index in [0.29, 0.717) is 13.0 Å². The topological polar surface area (TPSA) is 58.2 Å². The number of nitrogens with one attached hydrogen (secondary N) is 2. The molecule has 1 saturated carbocycles. The highest BCUT2D eigenvalue weighted by atomic mass is 16.2. The predicted octanol–water partition coefficient (Wildman–Crippen LogP) is 1.21. The maximum Gasteiger partial charge on any atom is 0.223 e. The molecule has 1 rings (SSSR count). The fraction of sp³-hybridized carbons (Fsp3) is 0.833. The zero-order chi connectivity index (χ0) is 12.0. The minimum Gasteiger partial charge on any atom is -0.356 e. The lowest BCUT2D eigenvalue weighted by Crippen LogP contribution is -2.33. The quantitative estimate of drug-likeness (QED) is 0.641. The Morgan fingerprint density at radius 2 is 2.06 bits per heavy atom. The van der Waals surface area contributed by atoms with Crippen LogP contribution in [0.4, 0.5) is 0 Å². The number of hydrogen-bond donors (Lipinski definition) is 2. The Morgan fingerprint density at radius 1 is 1.38 bits per heavy atom. The van der Waals surface area contributed by atoms with Crippen molar-refractivity contribution in [2.45, 2.75) is 52.0 Å². The van der Waals surface area contributed by atoms with Gasteiger partial charge in [0.05, 0.1) is 0 Å². The highest BCUT2D eigenvalue weighted by molar-refractivity contribution is 5.81. The summed E-state index contributed by atoms with van der Waals surface area (Å²) >= 11 is 0. The van der Waals surface area contributed by atoms with Gasteiger partial charge in [-0.15, -0.1) is 0 Å². The van der Waals surface area contributed by atoms with Gasteiger partial charge in [0.2, 0.25) is 11.8 Å². The lowest BCUT2D eigenvalue weighted by molar-refractivity contribution is -0.123. The Labute approximate surface area is 97.2 Å². The Kier molecular flexibility index (Phi) is 5.29. The molecular weight excluding hydrogens is 204 g/mol. The van der Waals surface area contributed by atoms with Crippen molar-refractivity contribution in [3.05, 3.63) is 0 Å². The molecule has 0 aromatic rings. The molecule has 0 aromatic heterocycles. The van der Waals surface area contributed by atoms with Gasteiger partial charge in [-0.05, 0) is 32.6 Å². The van der Waals surface area contributed by atoms with Crippen LogP contribution in [0.1, 0.15) is 46.0 Å². The first-order valence-electron chi connectivity index (χ1n) is 6.20. The largest absolute Gasteiger partial charge is 0.356 e. The second kappa shape index (κ2) is 6.51. The summed E-state index contributed by atoms with van der Waals surface area (Å²) in [5.41, 5.74) is 0. The number of hydrogen-bond acceptors (Lipinski definition) is 2. The van der Waals surface area contributed by atoms with Gasteiger partial charge in [0.15, 0.2) is 0 Å². The van der Waals surface area contributed by atoms with E-state index in [9.17, 15) is 9.59 Å². The molecule has 0 spiro atoms. The number of rotatable bonds is 7. The first-order chi connectivity index (χ1) is 7.63. The van der Waals surface area contributed by atoms with Crippen molar-refractivity contribution in [1.29, 1.82) is 0 Å². The lowest BCUT2D eigenvalue weighted by Gasteiger charge is -2.11. The maximum absolute atomic E-state index is 11.4. The summed E-state index contributed by atoms with van der Waals surface area (Å²) in [6, 6.07) is 0.244. The second-order valence-corrected chi connectivity index (χ2v) is 4.55. The van der Waals surface area contributed by atoms with Crippen LogP contribution in [0, 0.1) is 5.92 Å². The third-order valence-electron chi connectivity index (χ3n) is 2.85. The van der Waals surface area contributed by atoms with E-state index in [2.05, 4.69) is 10.6 Å². The van der Waals surface area contributed by atoms with Crippen molar-refractivity contribution < 1.29 is 9.59 Å². The van der Waals surface area contributed by atoms with Crippen LogP contribution in [0.3, 0.4) is 0 Å². The summed E-state index contributed by atoms with van der Waals surface area (Å²) < 4.78 is 0. The first kappa shape index (κ1) is 13.0. The molecule has 16 heavy (non-hydrogen) atoms. The third-order valence-corrected chi connectivity index (χ3v) is 2.85. The fourth-order valence-electron chi connectivity index (χ4n) is 1.40. The van der Waals surface area contributed by atoms with Crippen LogP contribution < -0.4 is 10.6 Å². The molecule has 1 fully saturated rings. The standard InChI is InChI=1S/C12H22N2O2/c1-3-9(2)14-11(15)5-4-8-13-12(16)10-6-7-10/h9-10H,3-8H2,1-2H3,(H,13,16)(H,14,15)/t9-/m1/s1. The first-order valence-corrected chi connectivity index (χ1v) is 6.20. The molecule has 1 aliphatic rings. The van der Waals surface area contributed by atoms with E-state index in [1.807, 2.05) is 13.8 Å². The SMILES string of the molecule is CC[C@@H](C)NC(=O)CCCNC(=O)C1CC1. The van der Waals surface area contributed by atoms with E-state index >= 15 is 0 Å². The molecule has 2 amide bonds. The zero-order valence-corrected chi connectivity index (χ0v) is 10.2. The van der Waals surface area contributed by atoms with Crippen molar-refractivity contribution in [1.82, 2.24) is 10.6 Å². The Bertz CT molecular complexity index is 249. The number of carbonyl (C=O) groups is 2. The fourth-order valence-corrected chi connectivity index (χ4v) is 1.40. The van der Waals surface area contributed by atoms with Crippen LogP contribution in [-0.4, -0.2) is 24.4 Å². The van der Waals surface area contributed by atoms with Gasteiger partial charge >= 0.3 is 0 Å². The van der Waals surface area contributed by atoms with Crippen LogP contribution in [-0.2, 0) is 9.59 Å². The number of amides is 2. The maximum atomic E-state index is 11.4. The van der Waals surface area contributed by atoms with Gasteiger partial charge in [0, 0.05) is 24.9 Å². The Morgan fingerprint density at radius 3 is 2.62 bits per heavy atom. The molecule has 0 aliphatic heterocycles. The summed E-state index contributed by atoms with van der Waals surface area (Å²) in [7, 11) is 0. The molecule has 0 heterocycles. The highest BCUT2D eigenvalue weighted by Gasteiger charge is 2.28. The molecule has 4 nitrogen and oxygen atoms in total. The molecular formula is C12H22N2O2. The molecule has 0 saturated heterocycles.